The van der Waals surface area contributed by atoms with Crippen LogP contribution in [0.5, 0.6) is 0 Å². The van der Waals surface area contributed by atoms with Crippen molar-refractivity contribution in [1.29, 1.82) is 0 Å². The Hall–Kier alpha value is -0.120. The number of piperidine rings is 1. The molecule has 2 aliphatic rings. The summed E-state index contributed by atoms with van der Waals surface area (Å²) in [6.07, 6.45) is 5.51. The second kappa shape index (κ2) is 5.10. The Labute approximate surface area is 86.2 Å². The molecule has 2 aliphatic heterocycles. The fourth-order valence-electron chi connectivity index (χ4n) is 2.26. The lowest BCUT2D eigenvalue weighted by Gasteiger charge is -2.28. The summed E-state index contributed by atoms with van der Waals surface area (Å²) < 4.78 is 11.4. The minimum Gasteiger partial charge on any atom is -0.376 e. The number of rotatable bonds is 3. The van der Waals surface area contributed by atoms with E-state index in [0.29, 0.717) is 18.2 Å². The molecule has 0 aromatic carbocycles. The zero-order valence-corrected chi connectivity index (χ0v) is 9.00. The highest BCUT2D eigenvalue weighted by atomic mass is 16.5. The molecule has 0 aromatic rings. The van der Waals surface area contributed by atoms with Gasteiger partial charge in [-0.2, -0.15) is 0 Å². The smallest absolute Gasteiger partial charge is 0.0809 e. The first-order valence-electron chi connectivity index (χ1n) is 5.81. The molecule has 82 valence electrons. The summed E-state index contributed by atoms with van der Waals surface area (Å²) in [7, 11) is 0. The van der Waals surface area contributed by atoms with Crippen molar-refractivity contribution in [3.63, 3.8) is 0 Å². The summed E-state index contributed by atoms with van der Waals surface area (Å²) in [6, 6.07) is 0.609. The first-order chi connectivity index (χ1) is 6.84. The van der Waals surface area contributed by atoms with Gasteiger partial charge in [-0.15, -0.1) is 0 Å². The fourth-order valence-corrected chi connectivity index (χ4v) is 2.26. The molecular formula is C11H21NO2. The van der Waals surface area contributed by atoms with Crippen LogP contribution in [0.25, 0.3) is 0 Å². The van der Waals surface area contributed by atoms with E-state index in [4.69, 9.17) is 9.47 Å². The van der Waals surface area contributed by atoms with Crippen LogP contribution in [0, 0.1) is 0 Å². The Morgan fingerprint density at radius 2 is 2.36 bits per heavy atom. The molecule has 14 heavy (non-hydrogen) atoms. The zero-order chi connectivity index (χ0) is 9.80. The minimum absolute atomic E-state index is 0.375. The Kier molecular flexibility index (Phi) is 3.79. The summed E-state index contributed by atoms with van der Waals surface area (Å²) in [6.45, 7) is 5.05. The van der Waals surface area contributed by atoms with Gasteiger partial charge in [0.05, 0.1) is 18.8 Å². The van der Waals surface area contributed by atoms with Crippen molar-refractivity contribution in [3.8, 4) is 0 Å². The third kappa shape index (κ3) is 2.94. The topological polar surface area (TPSA) is 30.5 Å². The molecule has 3 unspecified atom stereocenters. The molecule has 0 aliphatic carbocycles. The average Bonchev–Trinajstić information content (AvgIpc) is 2.67. The maximum Gasteiger partial charge on any atom is 0.0809 e. The molecule has 3 heteroatoms. The number of nitrogens with one attached hydrogen (secondary N) is 1. The molecule has 2 saturated heterocycles. The van der Waals surface area contributed by atoms with Gasteiger partial charge in [0.1, 0.15) is 0 Å². The van der Waals surface area contributed by atoms with E-state index in [1.807, 2.05) is 0 Å². The molecule has 2 rings (SSSR count). The van der Waals surface area contributed by atoms with Gasteiger partial charge in [-0.25, -0.2) is 0 Å². The van der Waals surface area contributed by atoms with Crippen molar-refractivity contribution in [2.75, 3.05) is 19.8 Å². The standard InChI is InChI=1S/C11H21NO2/c1-9-7-10(4-5-12-9)14-8-11-3-2-6-13-11/h9-12H,2-8H2,1H3. The predicted molar refractivity (Wildman–Crippen MR) is 55.4 cm³/mol. The van der Waals surface area contributed by atoms with E-state index in [9.17, 15) is 0 Å². The maximum absolute atomic E-state index is 5.87. The lowest BCUT2D eigenvalue weighted by atomic mass is 10.0. The number of hydrogen-bond donors (Lipinski definition) is 1. The van der Waals surface area contributed by atoms with Gasteiger partial charge in [0, 0.05) is 12.6 Å². The highest BCUT2D eigenvalue weighted by Crippen LogP contribution is 2.16. The van der Waals surface area contributed by atoms with Crippen LogP contribution in [0.4, 0.5) is 0 Å². The Balaban J connectivity index is 1.64. The van der Waals surface area contributed by atoms with E-state index in [1.54, 1.807) is 0 Å². The van der Waals surface area contributed by atoms with Gasteiger partial charge in [0.25, 0.3) is 0 Å². The predicted octanol–water partition coefficient (Wildman–Crippen LogP) is 1.32. The monoisotopic (exact) mass is 199 g/mol. The van der Waals surface area contributed by atoms with Gasteiger partial charge in [0.2, 0.25) is 0 Å². The van der Waals surface area contributed by atoms with E-state index in [2.05, 4.69) is 12.2 Å². The van der Waals surface area contributed by atoms with E-state index in [0.717, 1.165) is 32.6 Å². The largest absolute Gasteiger partial charge is 0.376 e. The fraction of sp³-hybridized carbons (Fsp3) is 1.00. The molecule has 0 saturated carbocycles. The molecule has 1 N–H and O–H groups in total. The molecule has 2 fully saturated rings. The summed E-state index contributed by atoms with van der Waals surface area (Å²) in [5.74, 6) is 0. The minimum atomic E-state index is 0.375. The van der Waals surface area contributed by atoms with Gasteiger partial charge < -0.3 is 14.8 Å². The van der Waals surface area contributed by atoms with Crippen LogP contribution < -0.4 is 5.32 Å². The van der Waals surface area contributed by atoms with Crippen LogP contribution in [0.1, 0.15) is 32.6 Å². The van der Waals surface area contributed by atoms with Crippen molar-refractivity contribution >= 4 is 0 Å². The summed E-state index contributed by atoms with van der Waals surface area (Å²) in [5.41, 5.74) is 0. The van der Waals surface area contributed by atoms with Gasteiger partial charge in [0.15, 0.2) is 0 Å². The number of ether oxygens (including phenoxy) is 2. The van der Waals surface area contributed by atoms with Crippen LogP contribution in [-0.4, -0.2) is 38.0 Å². The summed E-state index contributed by atoms with van der Waals surface area (Å²) >= 11 is 0. The maximum atomic E-state index is 5.87. The van der Waals surface area contributed by atoms with Crippen LogP contribution in [0.3, 0.4) is 0 Å². The van der Waals surface area contributed by atoms with E-state index >= 15 is 0 Å². The van der Waals surface area contributed by atoms with Crippen molar-refractivity contribution < 1.29 is 9.47 Å². The average molecular weight is 199 g/mol. The van der Waals surface area contributed by atoms with Crippen LogP contribution in [0.15, 0.2) is 0 Å². The molecule has 0 radical (unpaired) electrons. The SMILES string of the molecule is CC1CC(OCC2CCCO2)CCN1. The normalized spacial score (nSPS) is 38.8. The van der Waals surface area contributed by atoms with Gasteiger partial charge in [-0.3, -0.25) is 0 Å². The molecule has 2 heterocycles. The van der Waals surface area contributed by atoms with Gasteiger partial charge in [-0.1, -0.05) is 0 Å². The molecule has 0 bridgehead atoms. The highest BCUT2D eigenvalue weighted by Gasteiger charge is 2.21. The van der Waals surface area contributed by atoms with Crippen molar-refractivity contribution in [1.82, 2.24) is 5.32 Å². The summed E-state index contributed by atoms with van der Waals surface area (Å²) in [4.78, 5) is 0. The second-order valence-corrected chi connectivity index (χ2v) is 4.47. The third-order valence-corrected chi connectivity index (χ3v) is 3.12. The van der Waals surface area contributed by atoms with E-state index in [1.165, 1.54) is 12.8 Å². The second-order valence-electron chi connectivity index (χ2n) is 4.47. The molecular weight excluding hydrogens is 178 g/mol. The number of hydrogen-bond acceptors (Lipinski definition) is 3. The van der Waals surface area contributed by atoms with Crippen LogP contribution in [-0.2, 0) is 9.47 Å². The van der Waals surface area contributed by atoms with E-state index < -0.39 is 0 Å². The lowest BCUT2D eigenvalue weighted by Crippen LogP contribution is -2.40. The van der Waals surface area contributed by atoms with Gasteiger partial charge >= 0.3 is 0 Å². The molecule has 3 nitrogen and oxygen atoms in total. The molecule has 0 amide bonds. The van der Waals surface area contributed by atoms with Crippen molar-refractivity contribution in [3.05, 3.63) is 0 Å². The van der Waals surface area contributed by atoms with E-state index in [-0.39, 0.29) is 0 Å². The lowest BCUT2D eigenvalue weighted by molar-refractivity contribution is -0.0345. The Morgan fingerprint density at radius 1 is 1.43 bits per heavy atom. The highest BCUT2D eigenvalue weighted by molar-refractivity contribution is 4.76. The van der Waals surface area contributed by atoms with Crippen LogP contribution in [0.2, 0.25) is 0 Å². The molecule has 0 aromatic heterocycles. The zero-order valence-electron chi connectivity index (χ0n) is 9.00. The first kappa shape index (κ1) is 10.4. The molecule has 0 spiro atoms. The quantitative estimate of drug-likeness (QED) is 0.743. The Morgan fingerprint density at radius 3 is 3.07 bits per heavy atom. The first-order valence-corrected chi connectivity index (χ1v) is 5.81. The van der Waals surface area contributed by atoms with Crippen molar-refractivity contribution in [2.45, 2.75) is 50.9 Å². The third-order valence-electron chi connectivity index (χ3n) is 3.12. The van der Waals surface area contributed by atoms with Crippen molar-refractivity contribution in [2.24, 2.45) is 0 Å². The molecule has 3 atom stereocenters. The summed E-state index contributed by atoms with van der Waals surface area (Å²) in [5, 5.41) is 3.43. The van der Waals surface area contributed by atoms with Gasteiger partial charge in [-0.05, 0) is 39.2 Å². The Bertz CT molecular complexity index is 169. The van der Waals surface area contributed by atoms with Crippen LogP contribution >= 0.6 is 0 Å².